The molecule has 0 bridgehead atoms. The molecule has 1 heterocycles. The van der Waals surface area contributed by atoms with E-state index < -0.39 is 23.9 Å². The molecule has 35 heavy (non-hydrogen) atoms. The average molecular weight is 469 g/mol. The molecule has 0 radical (unpaired) electrons. The van der Waals surface area contributed by atoms with Crippen LogP contribution in [-0.4, -0.2) is 33.7 Å². The van der Waals surface area contributed by atoms with Crippen molar-refractivity contribution >= 4 is 23.5 Å². The van der Waals surface area contributed by atoms with Crippen LogP contribution in [0.25, 0.3) is 16.9 Å². The molecule has 0 fully saturated rings. The maximum Gasteiger partial charge on any atom is 0.342 e. The van der Waals surface area contributed by atoms with E-state index in [0.29, 0.717) is 16.9 Å². The topological polar surface area (TPSA) is 116 Å². The van der Waals surface area contributed by atoms with Gasteiger partial charge >= 0.3 is 5.97 Å². The third-order valence-electron chi connectivity index (χ3n) is 5.37. The summed E-state index contributed by atoms with van der Waals surface area (Å²) in [7, 11) is 0. The van der Waals surface area contributed by atoms with E-state index in [9.17, 15) is 14.4 Å². The van der Waals surface area contributed by atoms with E-state index in [1.807, 2.05) is 61.5 Å². The molecule has 1 unspecified atom stereocenters. The van der Waals surface area contributed by atoms with E-state index in [4.69, 9.17) is 10.5 Å². The second-order valence-electron chi connectivity index (χ2n) is 8.02. The van der Waals surface area contributed by atoms with Crippen LogP contribution in [0.1, 0.15) is 33.2 Å². The Morgan fingerprint density at radius 3 is 2.23 bits per heavy atom. The van der Waals surface area contributed by atoms with Crippen molar-refractivity contribution in [2.24, 2.45) is 5.73 Å². The van der Waals surface area contributed by atoms with Crippen LogP contribution in [0.15, 0.2) is 85.1 Å². The Labute approximate surface area is 202 Å². The largest absolute Gasteiger partial charge is 0.449 e. The minimum Gasteiger partial charge on any atom is -0.449 e. The summed E-state index contributed by atoms with van der Waals surface area (Å²) in [5, 5.41) is 7.28. The van der Waals surface area contributed by atoms with Crippen LogP contribution in [0.3, 0.4) is 0 Å². The van der Waals surface area contributed by atoms with Crippen molar-refractivity contribution in [3.63, 3.8) is 0 Å². The molecular formula is C27H24N4O4. The van der Waals surface area contributed by atoms with E-state index in [1.165, 1.54) is 19.1 Å². The fourth-order valence-electron chi connectivity index (χ4n) is 3.40. The lowest BCUT2D eigenvalue weighted by Gasteiger charge is -2.13. The first kappa shape index (κ1) is 23.4. The molecular weight excluding hydrogens is 444 g/mol. The van der Waals surface area contributed by atoms with Crippen molar-refractivity contribution in [1.82, 2.24) is 9.78 Å². The Morgan fingerprint density at radius 1 is 0.943 bits per heavy atom. The Balaban J connectivity index is 1.55. The summed E-state index contributed by atoms with van der Waals surface area (Å²) in [5.74, 6) is -1.75. The van der Waals surface area contributed by atoms with Gasteiger partial charge in [0.25, 0.3) is 5.91 Å². The van der Waals surface area contributed by atoms with Crippen LogP contribution in [0, 0.1) is 6.92 Å². The number of hydrogen-bond donors (Lipinski definition) is 2. The van der Waals surface area contributed by atoms with E-state index in [2.05, 4.69) is 10.4 Å². The highest BCUT2D eigenvalue weighted by molar-refractivity contribution is 6.00. The number of esters is 1. The Morgan fingerprint density at radius 2 is 1.60 bits per heavy atom. The van der Waals surface area contributed by atoms with Gasteiger partial charge in [0.05, 0.1) is 5.69 Å². The molecule has 0 aliphatic heterocycles. The standard InChI is InChI=1S/C27H24N4O4/c1-17-8-14-22(15-9-17)31-16-23(24(30-31)19-6-4-3-5-7-19)27(34)35-18(2)26(33)29-21-12-10-20(11-13-21)25(28)32/h3-16,18H,1-2H3,(H2,28,32)(H,29,33). The number of carbonyl (C=O) groups is 3. The van der Waals surface area contributed by atoms with Gasteiger partial charge in [-0.3, -0.25) is 9.59 Å². The van der Waals surface area contributed by atoms with Gasteiger partial charge in [-0.1, -0.05) is 48.0 Å². The molecule has 8 nitrogen and oxygen atoms in total. The number of aromatic nitrogens is 2. The van der Waals surface area contributed by atoms with Crippen molar-refractivity contribution in [2.75, 3.05) is 5.32 Å². The minimum atomic E-state index is -1.08. The zero-order valence-electron chi connectivity index (χ0n) is 19.3. The summed E-state index contributed by atoms with van der Waals surface area (Å²) in [6.45, 7) is 3.47. The lowest BCUT2D eigenvalue weighted by atomic mass is 10.1. The summed E-state index contributed by atoms with van der Waals surface area (Å²) in [5.41, 5.74) is 9.33. The number of hydrogen-bond acceptors (Lipinski definition) is 5. The first-order valence-corrected chi connectivity index (χ1v) is 11.0. The Kier molecular flexibility index (Phi) is 6.73. The van der Waals surface area contributed by atoms with E-state index in [1.54, 1.807) is 23.0 Å². The van der Waals surface area contributed by atoms with Crippen LogP contribution in [0.4, 0.5) is 5.69 Å². The number of benzene rings is 3. The predicted octanol–water partition coefficient (Wildman–Crippen LogP) is 4.13. The van der Waals surface area contributed by atoms with Crippen LogP contribution in [0.5, 0.6) is 0 Å². The highest BCUT2D eigenvalue weighted by Gasteiger charge is 2.24. The maximum atomic E-state index is 13.1. The summed E-state index contributed by atoms with van der Waals surface area (Å²) < 4.78 is 7.10. The third-order valence-corrected chi connectivity index (χ3v) is 5.37. The van der Waals surface area contributed by atoms with Gasteiger partial charge in [0, 0.05) is 23.0 Å². The fraction of sp³-hybridized carbons (Fsp3) is 0.111. The summed E-state index contributed by atoms with van der Waals surface area (Å²) >= 11 is 0. The predicted molar refractivity (Wildman–Crippen MR) is 132 cm³/mol. The molecule has 176 valence electrons. The molecule has 8 heteroatoms. The average Bonchev–Trinajstić information content (AvgIpc) is 3.31. The van der Waals surface area contributed by atoms with Gasteiger partial charge in [0.2, 0.25) is 5.91 Å². The van der Waals surface area contributed by atoms with Gasteiger partial charge in [0.15, 0.2) is 6.10 Å². The second-order valence-corrected chi connectivity index (χ2v) is 8.02. The first-order valence-electron chi connectivity index (χ1n) is 11.0. The minimum absolute atomic E-state index is 0.238. The molecule has 0 aliphatic rings. The Hall–Kier alpha value is -4.72. The van der Waals surface area contributed by atoms with Crippen molar-refractivity contribution in [1.29, 1.82) is 0 Å². The molecule has 1 atom stereocenters. The van der Waals surface area contributed by atoms with Crippen molar-refractivity contribution < 1.29 is 19.1 Å². The lowest BCUT2D eigenvalue weighted by Crippen LogP contribution is -2.30. The number of ether oxygens (including phenoxy) is 1. The number of aryl methyl sites for hydroxylation is 1. The number of nitrogens with one attached hydrogen (secondary N) is 1. The molecule has 3 aromatic carbocycles. The summed E-state index contributed by atoms with van der Waals surface area (Å²) in [6, 6.07) is 23.1. The van der Waals surface area contributed by atoms with E-state index >= 15 is 0 Å². The van der Waals surface area contributed by atoms with Gasteiger partial charge in [-0.15, -0.1) is 0 Å². The normalized spacial score (nSPS) is 11.5. The van der Waals surface area contributed by atoms with Crippen LogP contribution in [0.2, 0.25) is 0 Å². The summed E-state index contributed by atoms with van der Waals surface area (Å²) in [6.07, 6.45) is 0.521. The number of nitrogens with zero attached hydrogens (tertiary/aromatic N) is 2. The fourth-order valence-corrected chi connectivity index (χ4v) is 3.40. The Bertz CT molecular complexity index is 1360. The number of primary amides is 1. The molecule has 4 rings (SSSR count). The third kappa shape index (κ3) is 5.44. The number of carbonyl (C=O) groups excluding carboxylic acids is 3. The van der Waals surface area contributed by atoms with Gasteiger partial charge in [-0.2, -0.15) is 5.10 Å². The molecule has 0 spiro atoms. The van der Waals surface area contributed by atoms with Crippen LogP contribution < -0.4 is 11.1 Å². The molecule has 4 aromatic rings. The number of rotatable bonds is 7. The number of amides is 2. The number of nitrogens with two attached hydrogens (primary N) is 1. The van der Waals surface area contributed by atoms with Gasteiger partial charge in [0.1, 0.15) is 11.3 Å². The maximum absolute atomic E-state index is 13.1. The van der Waals surface area contributed by atoms with Crippen molar-refractivity contribution in [2.45, 2.75) is 20.0 Å². The van der Waals surface area contributed by atoms with Gasteiger partial charge in [-0.05, 0) is 50.2 Å². The molecule has 0 saturated carbocycles. The summed E-state index contributed by atoms with van der Waals surface area (Å²) in [4.78, 5) is 36.9. The highest BCUT2D eigenvalue weighted by atomic mass is 16.5. The molecule has 1 aromatic heterocycles. The number of anilines is 1. The molecule has 3 N–H and O–H groups in total. The molecule has 2 amide bonds. The zero-order chi connectivity index (χ0) is 24.9. The molecule has 0 aliphatic carbocycles. The van der Waals surface area contributed by atoms with E-state index in [-0.39, 0.29) is 5.56 Å². The second kappa shape index (κ2) is 10.0. The van der Waals surface area contributed by atoms with Gasteiger partial charge in [-0.25, -0.2) is 9.48 Å². The smallest absolute Gasteiger partial charge is 0.342 e. The highest BCUT2D eigenvalue weighted by Crippen LogP contribution is 2.25. The van der Waals surface area contributed by atoms with Crippen LogP contribution in [-0.2, 0) is 9.53 Å². The van der Waals surface area contributed by atoms with E-state index in [0.717, 1.165) is 16.8 Å². The van der Waals surface area contributed by atoms with Crippen molar-refractivity contribution in [3.8, 4) is 16.9 Å². The first-order chi connectivity index (χ1) is 16.8. The van der Waals surface area contributed by atoms with Crippen molar-refractivity contribution in [3.05, 3.63) is 102 Å². The van der Waals surface area contributed by atoms with Crippen LogP contribution >= 0.6 is 0 Å². The van der Waals surface area contributed by atoms with Gasteiger partial charge < -0.3 is 15.8 Å². The quantitative estimate of drug-likeness (QED) is 0.396. The molecule has 0 saturated heterocycles. The lowest BCUT2D eigenvalue weighted by molar-refractivity contribution is -0.123. The monoisotopic (exact) mass is 468 g/mol. The SMILES string of the molecule is Cc1ccc(-n2cc(C(=O)OC(C)C(=O)Nc3ccc(C(N)=O)cc3)c(-c3ccccc3)n2)cc1. The zero-order valence-corrected chi connectivity index (χ0v) is 19.3.